The van der Waals surface area contributed by atoms with Gasteiger partial charge < -0.3 is 20.2 Å². The van der Waals surface area contributed by atoms with Crippen molar-refractivity contribution in [1.29, 1.82) is 0 Å². The molecule has 2 aliphatic carbocycles. The summed E-state index contributed by atoms with van der Waals surface area (Å²) in [6.07, 6.45) is 8.57. The largest absolute Gasteiger partial charge is 0.390 e. The molecule has 8 nitrogen and oxygen atoms in total. The molecule has 1 aromatic carbocycles. The average Bonchev–Trinajstić information content (AvgIpc) is 3.70. The summed E-state index contributed by atoms with van der Waals surface area (Å²) in [5.74, 6) is 1.43. The zero-order chi connectivity index (χ0) is 24.9. The van der Waals surface area contributed by atoms with Gasteiger partial charge in [-0.2, -0.15) is 4.98 Å². The normalized spacial score (nSPS) is 25.5. The third-order valence-electron chi connectivity index (χ3n) is 8.54. The molecule has 0 unspecified atom stereocenters. The van der Waals surface area contributed by atoms with Crippen LogP contribution in [0.25, 0.3) is 21.8 Å². The lowest BCUT2D eigenvalue weighted by atomic mass is 9.83. The van der Waals surface area contributed by atoms with Crippen molar-refractivity contribution in [2.45, 2.75) is 63.5 Å². The summed E-state index contributed by atoms with van der Waals surface area (Å²) in [6.45, 7) is 6.71. The van der Waals surface area contributed by atoms with E-state index in [0.29, 0.717) is 24.4 Å². The van der Waals surface area contributed by atoms with Crippen molar-refractivity contribution in [3.05, 3.63) is 34.7 Å². The van der Waals surface area contributed by atoms with Crippen molar-refractivity contribution in [1.82, 2.24) is 19.4 Å². The second kappa shape index (κ2) is 9.30. The standard InChI is InChI=1S/C28H38N6O2/c1-28(36)10-7-20(8-11-28)34-25-24(18-30-27(31-25)29-12-9-19-3-4-19)22-6-5-21(17-23(22)26(34)35)33-15-13-32(2)14-16-33/h5-6,17-20,36H,3-4,7-16H2,1-2H3,(H,29,30,31)/t20-,28-. The van der Waals surface area contributed by atoms with Crippen LogP contribution in [-0.2, 0) is 0 Å². The van der Waals surface area contributed by atoms with Gasteiger partial charge in [0.1, 0.15) is 5.65 Å². The number of anilines is 2. The van der Waals surface area contributed by atoms with Crippen molar-refractivity contribution in [2.24, 2.45) is 5.92 Å². The SMILES string of the molecule is CN1CCN(c2ccc3c(c2)c(=O)n([C@H]2CC[C@](C)(O)CC2)c2nc(NCCC4CC4)ncc32)CC1. The fraction of sp³-hybridized carbons (Fsp3) is 0.607. The zero-order valence-corrected chi connectivity index (χ0v) is 21.5. The Hall–Kier alpha value is -2.71. The molecule has 3 aromatic rings. The quantitative estimate of drug-likeness (QED) is 0.509. The Morgan fingerprint density at radius 3 is 2.53 bits per heavy atom. The number of benzene rings is 1. The van der Waals surface area contributed by atoms with Gasteiger partial charge in [-0.05, 0) is 69.5 Å². The lowest BCUT2D eigenvalue weighted by Crippen LogP contribution is -2.44. The first kappa shape index (κ1) is 23.7. The van der Waals surface area contributed by atoms with Gasteiger partial charge in [0.05, 0.1) is 11.0 Å². The molecule has 2 saturated carbocycles. The molecular formula is C28H38N6O2. The second-order valence-corrected chi connectivity index (χ2v) is 11.5. The molecule has 3 aliphatic rings. The van der Waals surface area contributed by atoms with E-state index in [2.05, 4.69) is 45.3 Å². The minimum absolute atomic E-state index is 0.0163. The van der Waals surface area contributed by atoms with Crippen LogP contribution in [0, 0.1) is 5.92 Å². The van der Waals surface area contributed by atoms with E-state index in [0.717, 1.165) is 79.8 Å². The van der Waals surface area contributed by atoms with E-state index in [1.165, 1.54) is 12.8 Å². The van der Waals surface area contributed by atoms with E-state index in [9.17, 15) is 9.90 Å². The Morgan fingerprint density at radius 1 is 1.06 bits per heavy atom. The summed E-state index contributed by atoms with van der Waals surface area (Å²) < 4.78 is 1.91. The van der Waals surface area contributed by atoms with Gasteiger partial charge in [0.15, 0.2) is 0 Å². The molecule has 6 rings (SSSR count). The van der Waals surface area contributed by atoms with Crippen LogP contribution in [0.15, 0.2) is 29.2 Å². The molecule has 0 atom stereocenters. The van der Waals surface area contributed by atoms with Crippen LogP contribution in [-0.4, -0.2) is 69.9 Å². The summed E-state index contributed by atoms with van der Waals surface area (Å²) in [6, 6.07) is 6.30. The Kier molecular flexibility index (Phi) is 6.12. The molecule has 3 fully saturated rings. The number of likely N-dealkylation sites (N-methyl/N-ethyl adjacent to an activating group) is 1. The molecule has 2 aromatic heterocycles. The molecule has 0 radical (unpaired) electrons. The molecule has 1 aliphatic heterocycles. The Morgan fingerprint density at radius 2 is 1.81 bits per heavy atom. The topological polar surface area (TPSA) is 86.5 Å². The maximum atomic E-state index is 14.1. The lowest BCUT2D eigenvalue weighted by Gasteiger charge is -2.35. The minimum atomic E-state index is -0.661. The number of hydrogen-bond acceptors (Lipinski definition) is 7. The molecule has 2 N–H and O–H groups in total. The van der Waals surface area contributed by atoms with Crippen LogP contribution >= 0.6 is 0 Å². The number of aromatic nitrogens is 3. The minimum Gasteiger partial charge on any atom is -0.390 e. The lowest BCUT2D eigenvalue weighted by molar-refractivity contribution is 0.0100. The van der Waals surface area contributed by atoms with Gasteiger partial charge in [-0.3, -0.25) is 9.36 Å². The Balaban J connectivity index is 1.43. The van der Waals surface area contributed by atoms with E-state index in [4.69, 9.17) is 4.98 Å². The number of aliphatic hydroxyl groups is 1. The number of hydrogen-bond donors (Lipinski definition) is 2. The molecule has 36 heavy (non-hydrogen) atoms. The maximum Gasteiger partial charge on any atom is 0.260 e. The highest BCUT2D eigenvalue weighted by Gasteiger charge is 2.31. The van der Waals surface area contributed by atoms with Crippen LogP contribution in [0.5, 0.6) is 0 Å². The molecule has 0 bridgehead atoms. The fourth-order valence-electron chi connectivity index (χ4n) is 5.88. The van der Waals surface area contributed by atoms with Crippen LogP contribution in [0.3, 0.4) is 0 Å². The highest BCUT2D eigenvalue weighted by molar-refractivity contribution is 6.05. The second-order valence-electron chi connectivity index (χ2n) is 11.5. The highest BCUT2D eigenvalue weighted by atomic mass is 16.3. The summed E-state index contributed by atoms with van der Waals surface area (Å²) in [5, 5.41) is 16.5. The highest BCUT2D eigenvalue weighted by Crippen LogP contribution is 2.37. The number of piperazine rings is 1. The molecule has 192 valence electrons. The first-order valence-electron chi connectivity index (χ1n) is 13.6. The third kappa shape index (κ3) is 4.68. The van der Waals surface area contributed by atoms with Crippen molar-refractivity contribution < 1.29 is 5.11 Å². The van der Waals surface area contributed by atoms with Crippen LogP contribution in [0.2, 0.25) is 0 Å². The van der Waals surface area contributed by atoms with E-state index in [1.54, 1.807) is 0 Å². The monoisotopic (exact) mass is 490 g/mol. The fourth-order valence-corrected chi connectivity index (χ4v) is 5.88. The van der Waals surface area contributed by atoms with Crippen LogP contribution in [0.1, 0.15) is 57.9 Å². The first-order chi connectivity index (χ1) is 17.4. The summed E-state index contributed by atoms with van der Waals surface area (Å²) >= 11 is 0. The number of nitrogens with one attached hydrogen (secondary N) is 1. The van der Waals surface area contributed by atoms with Crippen LogP contribution < -0.4 is 15.8 Å². The molecule has 1 saturated heterocycles. The van der Waals surface area contributed by atoms with Gasteiger partial charge in [0.2, 0.25) is 5.95 Å². The molecule has 0 spiro atoms. The number of fused-ring (bicyclic) bond motifs is 3. The van der Waals surface area contributed by atoms with Gasteiger partial charge >= 0.3 is 0 Å². The predicted molar refractivity (Wildman–Crippen MR) is 145 cm³/mol. The van der Waals surface area contributed by atoms with Crippen molar-refractivity contribution in [3.63, 3.8) is 0 Å². The molecule has 8 heteroatoms. The molecule has 3 heterocycles. The van der Waals surface area contributed by atoms with Gasteiger partial charge in [-0.15, -0.1) is 0 Å². The third-order valence-corrected chi connectivity index (χ3v) is 8.54. The van der Waals surface area contributed by atoms with Gasteiger partial charge in [-0.1, -0.05) is 18.9 Å². The van der Waals surface area contributed by atoms with Gasteiger partial charge in [0.25, 0.3) is 5.56 Å². The number of rotatable bonds is 6. The Bertz CT molecular complexity index is 1310. The maximum absolute atomic E-state index is 14.1. The summed E-state index contributed by atoms with van der Waals surface area (Å²) in [7, 11) is 2.15. The molecule has 0 amide bonds. The van der Waals surface area contributed by atoms with Gasteiger partial charge in [-0.25, -0.2) is 4.98 Å². The van der Waals surface area contributed by atoms with E-state index >= 15 is 0 Å². The number of nitrogens with zero attached hydrogens (tertiary/aromatic N) is 5. The van der Waals surface area contributed by atoms with E-state index in [-0.39, 0.29) is 11.6 Å². The van der Waals surface area contributed by atoms with Gasteiger partial charge in [0, 0.05) is 56.0 Å². The van der Waals surface area contributed by atoms with Crippen molar-refractivity contribution >= 4 is 33.4 Å². The van der Waals surface area contributed by atoms with Crippen molar-refractivity contribution in [2.75, 3.05) is 50.0 Å². The average molecular weight is 491 g/mol. The zero-order valence-electron chi connectivity index (χ0n) is 21.5. The molecular weight excluding hydrogens is 452 g/mol. The Labute approximate surface area is 212 Å². The smallest absolute Gasteiger partial charge is 0.260 e. The van der Waals surface area contributed by atoms with E-state index < -0.39 is 5.60 Å². The van der Waals surface area contributed by atoms with Crippen LogP contribution in [0.4, 0.5) is 11.6 Å². The first-order valence-corrected chi connectivity index (χ1v) is 13.6. The number of pyridine rings is 1. The predicted octanol–water partition coefficient (Wildman–Crippen LogP) is 3.77. The van der Waals surface area contributed by atoms with Crippen molar-refractivity contribution in [3.8, 4) is 0 Å². The summed E-state index contributed by atoms with van der Waals surface area (Å²) in [4.78, 5) is 28.4. The summed E-state index contributed by atoms with van der Waals surface area (Å²) in [5.41, 5.74) is 1.16. The van der Waals surface area contributed by atoms with E-state index in [1.807, 2.05) is 17.7 Å².